The second kappa shape index (κ2) is 13.6. The van der Waals surface area contributed by atoms with Gasteiger partial charge in [-0.15, -0.1) is 0 Å². The first-order valence-electron chi connectivity index (χ1n) is 14.2. The fourth-order valence-electron chi connectivity index (χ4n) is 5.51. The summed E-state index contributed by atoms with van der Waals surface area (Å²) in [6, 6.07) is 16.1. The highest BCUT2D eigenvalue weighted by Crippen LogP contribution is 2.24. The molecule has 0 aromatic heterocycles. The van der Waals surface area contributed by atoms with E-state index in [0.717, 1.165) is 36.1 Å². The molecule has 3 amide bonds. The molecule has 4 atom stereocenters. The second-order valence-electron chi connectivity index (χ2n) is 10.7. The lowest BCUT2D eigenvalue weighted by atomic mass is 9.97. The van der Waals surface area contributed by atoms with Gasteiger partial charge in [0.05, 0.1) is 6.04 Å². The van der Waals surface area contributed by atoms with Gasteiger partial charge in [0, 0.05) is 33.1 Å². The highest BCUT2D eigenvalue weighted by molar-refractivity contribution is 5.94. The zero-order valence-corrected chi connectivity index (χ0v) is 23.4. The summed E-state index contributed by atoms with van der Waals surface area (Å²) in [5.41, 5.74) is 2.08. The van der Waals surface area contributed by atoms with Crippen LogP contribution in [0.2, 0.25) is 0 Å². The number of hydrogen-bond donors (Lipinski definition) is 2. The first-order valence-corrected chi connectivity index (χ1v) is 14.2. The number of hydrogen-bond acceptors (Lipinski definition) is 5. The lowest BCUT2D eigenvalue weighted by Gasteiger charge is -2.32. The Morgan fingerprint density at radius 1 is 1.00 bits per heavy atom. The smallest absolute Gasteiger partial charge is 0.246 e. The fraction of sp³-hybridized carbons (Fsp3) is 0.516. The topological polar surface area (TPSA) is 91.0 Å². The molecule has 1 saturated heterocycles. The van der Waals surface area contributed by atoms with Gasteiger partial charge in [-0.2, -0.15) is 0 Å². The van der Waals surface area contributed by atoms with Crippen molar-refractivity contribution in [2.45, 2.75) is 64.1 Å². The highest BCUT2D eigenvalue weighted by atomic mass is 16.5. The van der Waals surface area contributed by atoms with Crippen molar-refractivity contribution in [3.05, 3.63) is 65.7 Å². The van der Waals surface area contributed by atoms with Crippen LogP contribution in [0.5, 0.6) is 5.75 Å². The molecule has 1 unspecified atom stereocenters. The number of nitrogens with one attached hydrogen (secondary N) is 2. The van der Waals surface area contributed by atoms with Crippen LogP contribution in [0, 0.1) is 5.92 Å². The molecule has 2 heterocycles. The average Bonchev–Trinajstić information content (AvgIpc) is 3.34. The van der Waals surface area contributed by atoms with Crippen LogP contribution < -0.4 is 15.4 Å². The Bertz CT molecular complexity index is 1120. The second-order valence-corrected chi connectivity index (χ2v) is 10.7. The van der Waals surface area contributed by atoms with Gasteiger partial charge in [0.15, 0.2) is 0 Å². The van der Waals surface area contributed by atoms with Crippen molar-refractivity contribution in [3.63, 3.8) is 0 Å². The third kappa shape index (κ3) is 6.98. The summed E-state index contributed by atoms with van der Waals surface area (Å²) in [5.74, 6) is 0.485. The van der Waals surface area contributed by atoms with E-state index < -0.39 is 18.1 Å². The fourth-order valence-corrected chi connectivity index (χ4v) is 5.51. The minimum Gasteiger partial charge on any atom is -0.492 e. The number of rotatable bonds is 4. The van der Waals surface area contributed by atoms with Crippen LogP contribution in [0.4, 0.5) is 0 Å². The number of aryl methyl sites for hydroxylation is 1. The molecule has 2 aromatic carbocycles. The van der Waals surface area contributed by atoms with Gasteiger partial charge in [-0.05, 0) is 42.4 Å². The van der Waals surface area contributed by atoms with Gasteiger partial charge in [0.1, 0.15) is 24.4 Å². The first kappa shape index (κ1) is 28.6. The van der Waals surface area contributed by atoms with Crippen molar-refractivity contribution < 1.29 is 19.1 Å². The third-order valence-electron chi connectivity index (χ3n) is 8.08. The largest absolute Gasteiger partial charge is 0.492 e. The summed E-state index contributed by atoms with van der Waals surface area (Å²) in [7, 11) is 1.71. The van der Waals surface area contributed by atoms with E-state index in [1.807, 2.05) is 54.6 Å². The molecule has 1 fully saturated rings. The number of ether oxygens (including phenoxy) is 1. The summed E-state index contributed by atoms with van der Waals surface area (Å²) in [6.45, 7) is 5.99. The average molecular weight is 535 g/mol. The van der Waals surface area contributed by atoms with Crippen LogP contribution in [0.1, 0.15) is 44.2 Å². The monoisotopic (exact) mass is 534 g/mol. The predicted octanol–water partition coefficient (Wildman–Crippen LogP) is 2.80. The predicted molar refractivity (Wildman–Crippen MR) is 151 cm³/mol. The maximum Gasteiger partial charge on any atom is 0.246 e. The van der Waals surface area contributed by atoms with E-state index in [2.05, 4.69) is 24.5 Å². The summed E-state index contributed by atoms with van der Waals surface area (Å²) in [6.07, 6.45) is 3.27. The van der Waals surface area contributed by atoms with Gasteiger partial charge in [0.2, 0.25) is 17.7 Å². The Labute approximate surface area is 232 Å². The number of para-hydroxylation sites is 1. The van der Waals surface area contributed by atoms with E-state index in [0.29, 0.717) is 39.1 Å². The standard InChI is InChI=1S/C31H42N4O4/c1-4-22(2)28-31(38)34(3)25-16-19-35(30(25)37)26(21-23-11-6-5-7-12-23)29(36)33-17-10-14-24-13-8-9-15-27(24)39-20-18-32-28/h5-9,11-13,15,22,25-26,28,32H,4,10,14,16-21H2,1-3H3,(H,33,36)/t22?,25-,26+,28-/m0/s1. The van der Waals surface area contributed by atoms with Gasteiger partial charge in [-0.25, -0.2) is 0 Å². The number of benzene rings is 2. The van der Waals surface area contributed by atoms with E-state index in [1.54, 1.807) is 16.8 Å². The van der Waals surface area contributed by atoms with Crippen molar-refractivity contribution in [2.75, 3.05) is 33.3 Å². The number of fused-ring (bicyclic) bond motifs is 3. The SMILES string of the molecule is CCC(C)[C@@H]1NCCOc2ccccc2CCCNC(=O)[C@@H](Cc2ccccc2)N2CC[C@@H](C2=O)N(C)C1=O. The zero-order valence-electron chi connectivity index (χ0n) is 23.4. The van der Waals surface area contributed by atoms with Gasteiger partial charge >= 0.3 is 0 Å². The van der Waals surface area contributed by atoms with Crippen molar-refractivity contribution in [3.8, 4) is 5.75 Å². The first-order chi connectivity index (χ1) is 18.9. The Morgan fingerprint density at radius 2 is 1.74 bits per heavy atom. The summed E-state index contributed by atoms with van der Waals surface area (Å²) < 4.78 is 6.09. The maximum absolute atomic E-state index is 13.7. The van der Waals surface area contributed by atoms with Gasteiger partial charge in [-0.1, -0.05) is 68.8 Å². The van der Waals surface area contributed by atoms with Crippen molar-refractivity contribution in [1.29, 1.82) is 0 Å². The Hall–Kier alpha value is -3.39. The molecule has 2 aliphatic rings. The minimum atomic E-state index is -0.633. The number of nitrogens with zero attached hydrogens (tertiary/aromatic N) is 2. The van der Waals surface area contributed by atoms with Gasteiger partial charge < -0.3 is 25.2 Å². The molecule has 2 aromatic rings. The van der Waals surface area contributed by atoms with Crippen LogP contribution in [-0.2, 0) is 27.2 Å². The normalized spacial score (nSPS) is 24.3. The number of carbonyl (C=O) groups is 3. The lowest BCUT2D eigenvalue weighted by Crippen LogP contribution is -2.55. The minimum absolute atomic E-state index is 0.0852. The molecule has 4 rings (SSSR count). The van der Waals surface area contributed by atoms with Gasteiger partial charge in [-0.3, -0.25) is 14.4 Å². The highest BCUT2D eigenvalue weighted by Gasteiger charge is 2.43. The van der Waals surface area contributed by atoms with E-state index in [4.69, 9.17) is 4.74 Å². The van der Waals surface area contributed by atoms with E-state index in [9.17, 15) is 14.4 Å². The lowest BCUT2D eigenvalue weighted by molar-refractivity contribution is -0.145. The van der Waals surface area contributed by atoms with E-state index in [-0.39, 0.29) is 23.6 Å². The molecule has 8 heteroatoms. The Morgan fingerprint density at radius 3 is 2.51 bits per heavy atom. The van der Waals surface area contributed by atoms with Crippen LogP contribution in [0.3, 0.4) is 0 Å². The van der Waals surface area contributed by atoms with Crippen LogP contribution >= 0.6 is 0 Å². The van der Waals surface area contributed by atoms with Crippen molar-refractivity contribution in [2.24, 2.45) is 5.92 Å². The zero-order chi connectivity index (χ0) is 27.8. The molecule has 0 radical (unpaired) electrons. The van der Waals surface area contributed by atoms with Crippen LogP contribution in [-0.4, -0.2) is 78.9 Å². The molecule has 2 aliphatic heterocycles. The van der Waals surface area contributed by atoms with Crippen molar-refractivity contribution >= 4 is 17.7 Å². The van der Waals surface area contributed by atoms with Crippen LogP contribution in [0.25, 0.3) is 0 Å². The van der Waals surface area contributed by atoms with Crippen LogP contribution in [0.15, 0.2) is 54.6 Å². The molecular weight excluding hydrogens is 492 g/mol. The number of likely N-dealkylation sites (N-methyl/N-ethyl adjacent to an activating group) is 1. The molecule has 0 saturated carbocycles. The molecule has 2 bridgehead atoms. The Balaban J connectivity index is 1.61. The summed E-state index contributed by atoms with van der Waals surface area (Å²) >= 11 is 0. The summed E-state index contributed by atoms with van der Waals surface area (Å²) in [4.78, 5) is 44.1. The number of amides is 3. The number of carbonyl (C=O) groups excluding carboxylic acids is 3. The molecule has 8 nitrogen and oxygen atoms in total. The molecule has 210 valence electrons. The van der Waals surface area contributed by atoms with E-state index >= 15 is 0 Å². The summed E-state index contributed by atoms with van der Waals surface area (Å²) in [5, 5.41) is 6.48. The molecular formula is C31H42N4O4. The van der Waals surface area contributed by atoms with E-state index in [1.165, 1.54) is 0 Å². The third-order valence-corrected chi connectivity index (χ3v) is 8.08. The molecule has 0 spiro atoms. The quantitative estimate of drug-likeness (QED) is 0.630. The molecule has 0 aliphatic carbocycles. The maximum atomic E-state index is 13.7. The molecule has 2 N–H and O–H groups in total. The Kier molecular flexibility index (Phi) is 9.98. The van der Waals surface area contributed by atoms with Gasteiger partial charge in [0.25, 0.3) is 0 Å². The molecule has 39 heavy (non-hydrogen) atoms. The van der Waals surface area contributed by atoms with Crippen molar-refractivity contribution in [1.82, 2.24) is 20.4 Å².